The van der Waals surface area contributed by atoms with Crippen LogP contribution in [0.2, 0.25) is 0 Å². The van der Waals surface area contributed by atoms with Crippen LogP contribution >= 0.6 is 11.3 Å². The summed E-state index contributed by atoms with van der Waals surface area (Å²) in [6.07, 6.45) is 0. The molecule has 0 fully saturated rings. The van der Waals surface area contributed by atoms with Gasteiger partial charge in [0.2, 0.25) is 11.8 Å². The molecule has 7 heteroatoms. The monoisotopic (exact) mass is 266 g/mol. The number of nitrogens with zero attached hydrogens (tertiary/aromatic N) is 2. The van der Waals surface area contributed by atoms with Gasteiger partial charge in [-0.3, -0.25) is 10.1 Å². The number of likely N-dealkylation sites (N-methyl/N-ethyl adjacent to an activating group) is 1. The lowest BCUT2D eigenvalue weighted by Crippen LogP contribution is -2.32. The molecule has 18 heavy (non-hydrogen) atoms. The van der Waals surface area contributed by atoms with E-state index < -0.39 is 0 Å². The molecule has 0 aromatic carbocycles. The molecule has 0 saturated heterocycles. The lowest BCUT2D eigenvalue weighted by atomic mass is 10.3. The largest absolute Gasteiger partial charge is 0.418 e. The number of rotatable bonds is 5. The number of carbonyl (C=O) groups excluding carboxylic acids is 1. The molecule has 2 rings (SSSR count). The zero-order valence-electron chi connectivity index (χ0n) is 10.1. The molecule has 0 spiro atoms. The third-order valence-corrected chi connectivity index (χ3v) is 3.25. The summed E-state index contributed by atoms with van der Waals surface area (Å²) in [5.74, 6) is 0.899. The molecule has 6 nitrogen and oxygen atoms in total. The van der Waals surface area contributed by atoms with Crippen molar-refractivity contribution in [3.05, 3.63) is 23.4 Å². The molecule has 96 valence electrons. The van der Waals surface area contributed by atoms with Gasteiger partial charge in [-0.25, -0.2) is 0 Å². The third-order valence-electron chi connectivity index (χ3n) is 2.39. The summed E-state index contributed by atoms with van der Waals surface area (Å²) in [6, 6.07) is 3.69. The van der Waals surface area contributed by atoms with Crippen LogP contribution in [0, 0.1) is 0 Å². The van der Waals surface area contributed by atoms with Gasteiger partial charge in [0.1, 0.15) is 0 Å². The molecule has 2 aromatic heterocycles. The molecule has 0 bridgehead atoms. The van der Waals surface area contributed by atoms with Gasteiger partial charge in [0.25, 0.3) is 5.89 Å². The summed E-state index contributed by atoms with van der Waals surface area (Å²) < 4.78 is 5.55. The normalized spacial score (nSPS) is 12.3. The van der Waals surface area contributed by atoms with Gasteiger partial charge >= 0.3 is 0 Å². The Hall–Kier alpha value is -1.73. The predicted octanol–water partition coefficient (Wildman–Crippen LogP) is 1.19. The van der Waals surface area contributed by atoms with Crippen molar-refractivity contribution >= 4 is 17.2 Å². The summed E-state index contributed by atoms with van der Waals surface area (Å²) in [4.78, 5) is 12.0. The van der Waals surface area contributed by atoms with Crippen LogP contribution in [0.1, 0.15) is 18.9 Å². The maximum absolute atomic E-state index is 11.1. The molecule has 0 aliphatic heterocycles. The Kier molecular flexibility index (Phi) is 4.06. The Morgan fingerprint density at radius 2 is 2.39 bits per heavy atom. The van der Waals surface area contributed by atoms with E-state index in [0.29, 0.717) is 11.8 Å². The van der Waals surface area contributed by atoms with Gasteiger partial charge in [-0.15, -0.1) is 21.5 Å². The topological polar surface area (TPSA) is 80.0 Å². The van der Waals surface area contributed by atoms with Crippen LogP contribution < -0.4 is 10.6 Å². The van der Waals surface area contributed by atoms with Gasteiger partial charge in [0, 0.05) is 7.05 Å². The highest BCUT2D eigenvalue weighted by molar-refractivity contribution is 7.13. The van der Waals surface area contributed by atoms with E-state index in [-0.39, 0.29) is 18.5 Å². The first-order chi connectivity index (χ1) is 8.70. The maximum atomic E-state index is 11.1. The highest BCUT2D eigenvalue weighted by Crippen LogP contribution is 2.24. The second-order valence-electron chi connectivity index (χ2n) is 3.70. The smallest absolute Gasteiger partial charge is 0.257 e. The van der Waals surface area contributed by atoms with E-state index in [1.54, 1.807) is 18.4 Å². The summed E-state index contributed by atoms with van der Waals surface area (Å²) in [6.45, 7) is 2.09. The molecule has 0 aliphatic rings. The quantitative estimate of drug-likeness (QED) is 0.850. The second-order valence-corrected chi connectivity index (χ2v) is 4.65. The fraction of sp³-hybridized carbons (Fsp3) is 0.364. The Morgan fingerprint density at radius 3 is 3.06 bits per heavy atom. The molecule has 1 atom stereocenters. The van der Waals surface area contributed by atoms with Gasteiger partial charge in [-0.2, -0.15) is 0 Å². The van der Waals surface area contributed by atoms with Crippen molar-refractivity contribution in [3.8, 4) is 10.8 Å². The Morgan fingerprint density at radius 1 is 1.56 bits per heavy atom. The van der Waals surface area contributed by atoms with Crippen molar-refractivity contribution in [1.82, 2.24) is 20.8 Å². The van der Waals surface area contributed by atoms with E-state index in [0.717, 1.165) is 4.88 Å². The Labute approximate surface area is 108 Å². The lowest BCUT2D eigenvalue weighted by molar-refractivity contribution is -0.119. The highest BCUT2D eigenvalue weighted by atomic mass is 32.1. The molecule has 1 amide bonds. The van der Waals surface area contributed by atoms with Crippen molar-refractivity contribution in [2.24, 2.45) is 0 Å². The number of amides is 1. The molecule has 2 N–H and O–H groups in total. The van der Waals surface area contributed by atoms with E-state index >= 15 is 0 Å². The molecule has 0 aliphatic carbocycles. The van der Waals surface area contributed by atoms with Crippen LogP contribution in [0.25, 0.3) is 10.8 Å². The Bertz CT molecular complexity index is 509. The van der Waals surface area contributed by atoms with E-state index in [1.807, 2.05) is 24.4 Å². The Balaban J connectivity index is 1.99. The first kappa shape index (κ1) is 12.7. The van der Waals surface area contributed by atoms with Gasteiger partial charge in [-0.1, -0.05) is 6.07 Å². The highest BCUT2D eigenvalue weighted by Gasteiger charge is 2.15. The van der Waals surface area contributed by atoms with E-state index in [4.69, 9.17) is 4.42 Å². The molecule has 0 unspecified atom stereocenters. The van der Waals surface area contributed by atoms with Gasteiger partial charge < -0.3 is 9.73 Å². The number of hydrogen-bond donors (Lipinski definition) is 2. The van der Waals surface area contributed by atoms with Gasteiger partial charge in [0.15, 0.2) is 0 Å². The minimum atomic E-state index is -0.163. The minimum absolute atomic E-state index is 0.0835. The van der Waals surface area contributed by atoms with Crippen molar-refractivity contribution in [2.75, 3.05) is 13.6 Å². The summed E-state index contributed by atoms with van der Waals surface area (Å²) >= 11 is 1.54. The molecular formula is C11H14N4O2S. The standard InChI is InChI=1S/C11H14N4O2S/c1-7(13-6-9(16)12-2)10-14-15-11(17-10)8-4-3-5-18-8/h3-5,7,13H,6H2,1-2H3,(H,12,16)/t7-/m1/s1. The minimum Gasteiger partial charge on any atom is -0.418 e. The molecule has 2 heterocycles. The number of nitrogens with one attached hydrogen (secondary N) is 2. The second kappa shape index (κ2) is 5.74. The van der Waals surface area contributed by atoms with Crippen molar-refractivity contribution in [3.63, 3.8) is 0 Å². The predicted molar refractivity (Wildman–Crippen MR) is 68.1 cm³/mol. The molecule has 0 radical (unpaired) electrons. The van der Waals surface area contributed by atoms with Crippen LogP contribution in [-0.4, -0.2) is 29.7 Å². The fourth-order valence-corrected chi connectivity index (χ4v) is 1.98. The van der Waals surface area contributed by atoms with Gasteiger partial charge in [0.05, 0.1) is 17.5 Å². The SMILES string of the molecule is CNC(=O)CN[C@H](C)c1nnc(-c2cccs2)o1. The number of hydrogen-bond acceptors (Lipinski definition) is 6. The van der Waals surface area contributed by atoms with Crippen LogP contribution in [0.3, 0.4) is 0 Å². The van der Waals surface area contributed by atoms with E-state index in [2.05, 4.69) is 20.8 Å². The first-order valence-corrected chi connectivity index (χ1v) is 6.40. The van der Waals surface area contributed by atoms with E-state index in [9.17, 15) is 4.79 Å². The number of carbonyl (C=O) groups is 1. The first-order valence-electron chi connectivity index (χ1n) is 5.52. The average Bonchev–Trinajstić information content (AvgIpc) is 3.04. The van der Waals surface area contributed by atoms with Crippen molar-refractivity contribution < 1.29 is 9.21 Å². The molecule has 0 saturated carbocycles. The lowest BCUT2D eigenvalue weighted by Gasteiger charge is -2.08. The number of thiophene rings is 1. The maximum Gasteiger partial charge on any atom is 0.257 e. The third kappa shape index (κ3) is 2.93. The molecular weight excluding hydrogens is 252 g/mol. The van der Waals surface area contributed by atoms with Crippen molar-refractivity contribution in [1.29, 1.82) is 0 Å². The zero-order chi connectivity index (χ0) is 13.0. The zero-order valence-corrected chi connectivity index (χ0v) is 11.0. The van der Waals surface area contributed by atoms with Crippen molar-refractivity contribution in [2.45, 2.75) is 13.0 Å². The van der Waals surface area contributed by atoms with Crippen LogP contribution in [0.4, 0.5) is 0 Å². The van der Waals surface area contributed by atoms with Gasteiger partial charge in [-0.05, 0) is 18.4 Å². The van der Waals surface area contributed by atoms with E-state index in [1.165, 1.54) is 0 Å². The molecule has 2 aromatic rings. The summed E-state index contributed by atoms with van der Waals surface area (Å²) in [5, 5.41) is 15.4. The van der Waals surface area contributed by atoms with Crippen LogP contribution in [0.5, 0.6) is 0 Å². The summed E-state index contributed by atoms with van der Waals surface area (Å²) in [7, 11) is 1.59. The van der Waals surface area contributed by atoms with Crippen LogP contribution in [0.15, 0.2) is 21.9 Å². The van der Waals surface area contributed by atoms with Crippen LogP contribution in [-0.2, 0) is 4.79 Å². The fourth-order valence-electron chi connectivity index (χ4n) is 1.33. The average molecular weight is 266 g/mol. The number of aromatic nitrogens is 2. The summed E-state index contributed by atoms with van der Waals surface area (Å²) in [5.41, 5.74) is 0.